The third kappa shape index (κ3) is 6.02. The molecular weight excluding hydrogens is 689 g/mol. The average Bonchev–Trinajstić information content (AvgIpc) is 3.49. The zero-order valence-corrected chi connectivity index (χ0v) is 27.9. The van der Waals surface area contributed by atoms with Crippen LogP contribution in [0.3, 0.4) is 0 Å². The van der Waals surface area contributed by atoms with Gasteiger partial charge in [0.15, 0.2) is 0 Å². The molecule has 14 heteroatoms. The van der Waals surface area contributed by atoms with Crippen LogP contribution in [0.15, 0.2) is 166 Å². The van der Waals surface area contributed by atoms with E-state index in [4.69, 9.17) is 9.47 Å². The van der Waals surface area contributed by atoms with E-state index in [1.807, 2.05) is 0 Å². The number of nitrogens with zero attached hydrogens (tertiary/aromatic N) is 6. The lowest BCUT2D eigenvalue weighted by atomic mass is 10.1. The van der Waals surface area contributed by atoms with E-state index >= 15 is 0 Å². The van der Waals surface area contributed by atoms with Gasteiger partial charge in [0.05, 0.1) is 30.6 Å². The zero-order chi connectivity index (χ0) is 35.0. The molecule has 8 aromatic rings. The van der Waals surface area contributed by atoms with Crippen molar-refractivity contribution in [3.8, 4) is 29.2 Å². The van der Waals surface area contributed by atoms with Gasteiger partial charge < -0.3 is 9.47 Å². The van der Waals surface area contributed by atoms with Gasteiger partial charge in [0.25, 0.3) is 0 Å². The minimum atomic E-state index is -4.05. The molecule has 0 saturated heterocycles. The van der Waals surface area contributed by atoms with Crippen molar-refractivity contribution in [2.75, 3.05) is 0 Å². The first-order chi connectivity index (χ1) is 24.8. The van der Waals surface area contributed by atoms with Crippen molar-refractivity contribution in [1.29, 1.82) is 0 Å². The Morgan fingerprint density at radius 1 is 0.471 bits per heavy atom. The van der Waals surface area contributed by atoms with Crippen molar-refractivity contribution in [1.82, 2.24) is 29.5 Å². The Hall–Kier alpha value is -6.51. The minimum absolute atomic E-state index is 0.000615. The average molecular weight is 713 g/mol. The van der Waals surface area contributed by atoms with Gasteiger partial charge in [0.2, 0.25) is 37.4 Å². The molecule has 4 heterocycles. The van der Waals surface area contributed by atoms with Gasteiger partial charge in [-0.3, -0.25) is 4.57 Å². The summed E-state index contributed by atoms with van der Waals surface area (Å²) in [6, 6.07) is 32.1. The number of ether oxygens (including phenoxy) is 2. The summed E-state index contributed by atoms with van der Waals surface area (Å²) in [5.74, 6) is 1.42. The molecule has 51 heavy (non-hydrogen) atoms. The van der Waals surface area contributed by atoms with Crippen LogP contribution in [0.2, 0.25) is 0 Å². The quantitative estimate of drug-likeness (QED) is 0.152. The van der Waals surface area contributed by atoms with Crippen molar-refractivity contribution in [3.05, 3.63) is 146 Å². The molecule has 0 amide bonds. The van der Waals surface area contributed by atoms with Crippen LogP contribution < -0.4 is 9.47 Å². The van der Waals surface area contributed by atoms with Crippen LogP contribution in [0, 0.1) is 0 Å². The topological polar surface area (TPSA) is 156 Å². The third-order valence-electron chi connectivity index (χ3n) is 7.96. The summed E-state index contributed by atoms with van der Waals surface area (Å²) in [5.41, 5.74) is 0.886. The Morgan fingerprint density at radius 3 is 1.39 bits per heavy atom. The number of hydrogen-bond acceptors (Lipinski definition) is 11. The lowest BCUT2D eigenvalue weighted by Gasteiger charge is -2.10. The second kappa shape index (κ2) is 12.7. The molecule has 4 aromatic heterocycles. The monoisotopic (exact) mass is 712 g/mol. The largest absolute Gasteiger partial charge is 0.439 e. The van der Waals surface area contributed by atoms with Crippen molar-refractivity contribution in [2.24, 2.45) is 0 Å². The van der Waals surface area contributed by atoms with Gasteiger partial charge in [-0.25, -0.2) is 41.8 Å². The molecule has 12 nitrogen and oxygen atoms in total. The highest BCUT2D eigenvalue weighted by atomic mass is 32.2. The molecule has 250 valence electrons. The van der Waals surface area contributed by atoms with Crippen LogP contribution >= 0.6 is 0 Å². The van der Waals surface area contributed by atoms with Crippen molar-refractivity contribution in [3.63, 3.8) is 0 Å². The molecule has 0 atom stereocenters. The summed E-state index contributed by atoms with van der Waals surface area (Å²) in [4.78, 5) is 20.9. The number of rotatable bonds is 9. The SMILES string of the molecule is O=S(=O)(c1cccc(Oc2ccccn2)c1)c1ccc2c3ccc(S(=O)(=O)c4cccc(Oc5ccccn5)c4)cc3n(-c3ncncn3)c2c1. The Morgan fingerprint density at radius 2 is 0.941 bits per heavy atom. The van der Waals surface area contributed by atoms with Gasteiger partial charge in [-0.05, 0) is 72.8 Å². The number of benzene rings is 4. The van der Waals surface area contributed by atoms with Crippen LogP contribution in [-0.2, 0) is 19.7 Å². The van der Waals surface area contributed by atoms with Gasteiger partial charge in [-0.2, -0.15) is 0 Å². The maximum Gasteiger partial charge on any atom is 0.237 e. The Bertz CT molecular complexity index is 2610. The minimum Gasteiger partial charge on any atom is -0.439 e. The molecule has 4 aromatic carbocycles. The Balaban J connectivity index is 1.23. The molecule has 0 bridgehead atoms. The number of hydrogen-bond donors (Lipinski definition) is 0. The lowest BCUT2D eigenvalue weighted by molar-refractivity contribution is 0.461. The van der Waals surface area contributed by atoms with E-state index in [-0.39, 0.29) is 25.5 Å². The van der Waals surface area contributed by atoms with E-state index in [2.05, 4.69) is 24.9 Å². The summed E-state index contributed by atoms with van der Waals surface area (Å²) < 4.78 is 69.2. The zero-order valence-electron chi connectivity index (χ0n) is 26.3. The summed E-state index contributed by atoms with van der Waals surface area (Å²) >= 11 is 0. The molecule has 0 saturated carbocycles. The molecule has 0 unspecified atom stereocenters. The Kier molecular flexibility index (Phi) is 7.93. The molecule has 8 rings (SSSR count). The lowest BCUT2D eigenvalue weighted by Crippen LogP contribution is -2.05. The summed E-state index contributed by atoms with van der Waals surface area (Å²) in [6.07, 6.45) is 5.77. The van der Waals surface area contributed by atoms with Gasteiger partial charge in [-0.1, -0.05) is 36.4 Å². The highest BCUT2D eigenvalue weighted by Gasteiger charge is 2.25. The van der Waals surface area contributed by atoms with E-state index in [1.54, 1.807) is 89.8 Å². The number of sulfone groups is 2. The van der Waals surface area contributed by atoms with Crippen molar-refractivity contribution < 1.29 is 26.3 Å². The van der Waals surface area contributed by atoms with Gasteiger partial charge in [0, 0.05) is 35.3 Å². The van der Waals surface area contributed by atoms with Crippen LogP contribution in [0.4, 0.5) is 0 Å². The van der Waals surface area contributed by atoms with Gasteiger partial charge in [0.1, 0.15) is 24.2 Å². The van der Waals surface area contributed by atoms with Crippen molar-refractivity contribution >= 4 is 41.5 Å². The molecule has 0 fully saturated rings. The first kappa shape index (κ1) is 31.7. The van der Waals surface area contributed by atoms with Crippen LogP contribution in [-0.4, -0.2) is 46.3 Å². The predicted octanol–water partition coefficient (Wildman–Crippen LogP) is 7.01. The second-order valence-corrected chi connectivity index (χ2v) is 15.0. The number of pyridine rings is 2. The highest BCUT2D eigenvalue weighted by Crippen LogP contribution is 2.37. The van der Waals surface area contributed by atoms with E-state index in [1.165, 1.54) is 61.2 Å². The van der Waals surface area contributed by atoms with Crippen molar-refractivity contribution in [2.45, 2.75) is 19.6 Å². The first-order valence-electron chi connectivity index (χ1n) is 15.4. The molecular formula is C37H24N6O6S2. The molecule has 0 radical (unpaired) electrons. The smallest absolute Gasteiger partial charge is 0.237 e. The van der Waals surface area contributed by atoms with Gasteiger partial charge in [-0.15, -0.1) is 0 Å². The molecule has 0 N–H and O–H groups in total. The van der Waals surface area contributed by atoms with E-state index in [9.17, 15) is 16.8 Å². The fraction of sp³-hybridized carbons (Fsp3) is 0. The molecule has 0 aliphatic heterocycles. The fourth-order valence-corrected chi connectivity index (χ4v) is 8.25. The standard InChI is InChI=1S/C37H24N6O6S2/c44-50(45,27-9-5-7-25(19-27)48-35-11-1-3-17-39-35)29-13-15-31-32-16-14-30(22-34(32)43(33(31)21-29)37-41-23-38-24-42-37)51(46,47)28-10-6-8-26(20-28)49-36-12-2-4-18-40-36/h1-24H. The summed E-state index contributed by atoms with van der Waals surface area (Å²) in [5, 5.41) is 1.32. The Labute approximate surface area is 291 Å². The predicted molar refractivity (Wildman–Crippen MR) is 187 cm³/mol. The van der Waals surface area contributed by atoms with Crippen LogP contribution in [0.25, 0.3) is 27.8 Å². The van der Waals surface area contributed by atoms with E-state index in [0.717, 1.165) is 0 Å². The molecule has 0 aliphatic rings. The van der Waals surface area contributed by atoms with Crippen LogP contribution in [0.1, 0.15) is 0 Å². The second-order valence-electron chi connectivity index (χ2n) is 11.1. The molecule has 0 spiro atoms. The third-order valence-corrected chi connectivity index (χ3v) is 11.5. The highest BCUT2D eigenvalue weighted by molar-refractivity contribution is 7.91. The normalized spacial score (nSPS) is 11.8. The maximum atomic E-state index is 14.0. The fourth-order valence-electron chi connectivity index (χ4n) is 5.61. The number of aromatic nitrogens is 6. The molecule has 0 aliphatic carbocycles. The van der Waals surface area contributed by atoms with E-state index < -0.39 is 19.7 Å². The maximum absolute atomic E-state index is 14.0. The first-order valence-corrected chi connectivity index (χ1v) is 18.3. The van der Waals surface area contributed by atoms with E-state index in [0.29, 0.717) is 45.1 Å². The summed E-state index contributed by atoms with van der Waals surface area (Å²) in [6.45, 7) is 0. The summed E-state index contributed by atoms with van der Waals surface area (Å²) in [7, 11) is -8.11. The van der Waals surface area contributed by atoms with Crippen LogP contribution in [0.5, 0.6) is 23.3 Å². The number of fused-ring (bicyclic) bond motifs is 3. The van der Waals surface area contributed by atoms with Gasteiger partial charge >= 0.3 is 0 Å².